The van der Waals surface area contributed by atoms with E-state index < -0.39 is 0 Å². The van der Waals surface area contributed by atoms with Gasteiger partial charge in [-0.2, -0.15) is 5.10 Å². The van der Waals surface area contributed by atoms with E-state index in [4.69, 9.17) is 16.6 Å². The lowest BCUT2D eigenvalue weighted by molar-refractivity contribution is 0.348. The second-order valence-corrected chi connectivity index (χ2v) is 9.74. The summed E-state index contributed by atoms with van der Waals surface area (Å²) in [4.78, 5) is 20.8. The van der Waals surface area contributed by atoms with Crippen LogP contribution in [0, 0.1) is 0 Å². The zero-order chi connectivity index (χ0) is 20.5. The normalized spacial score (nSPS) is 17.5. The quantitative estimate of drug-likeness (QED) is 0.403. The Kier molecular flexibility index (Phi) is 5.61. The maximum atomic E-state index is 13.7. The minimum Gasteiger partial charge on any atom is -0.274 e. The standard InChI is InChI=1S/C23H25ClN4OS/c24-16-12-10-15(11-13-16)14-25-27-23-26-21-20(18-8-4-5-9-19(18)30-21)22(29)28(23)17-6-2-1-3-7-17/h10-14,17H,1-9H2,(H,26,27)/b25-14-. The molecule has 1 saturated carbocycles. The van der Waals surface area contributed by atoms with E-state index in [1.54, 1.807) is 17.6 Å². The van der Waals surface area contributed by atoms with Gasteiger partial charge in [-0.3, -0.25) is 9.36 Å². The van der Waals surface area contributed by atoms with E-state index in [2.05, 4.69) is 10.5 Å². The van der Waals surface area contributed by atoms with Gasteiger partial charge >= 0.3 is 0 Å². The number of anilines is 1. The summed E-state index contributed by atoms with van der Waals surface area (Å²) in [6, 6.07) is 7.68. The van der Waals surface area contributed by atoms with E-state index in [9.17, 15) is 4.79 Å². The van der Waals surface area contributed by atoms with Gasteiger partial charge in [0.05, 0.1) is 11.6 Å². The van der Waals surface area contributed by atoms with Crippen molar-refractivity contribution in [1.82, 2.24) is 9.55 Å². The third kappa shape index (κ3) is 3.79. The fraction of sp³-hybridized carbons (Fsp3) is 0.435. The van der Waals surface area contributed by atoms with E-state index >= 15 is 0 Å². The minimum absolute atomic E-state index is 0.107. The third-order valence-corrected chi connectivity index (χ3v) is 7.65. The van der Waals surface area contributed by atoms with Gasteiger partial charge in [0, 0.05) is 15.9 Å². The Labute approximate surface area is 184 Å². The van der Waals surface area contributed by atoms with Crippen molar-refractivity contribution in [2.75, 3.05) is 5.43 Å². The molecule has 2 aliphatic carbocycles. The highest BCUT2D eigenvalue weighted by molar-refractivity contribution is 7.18. The van der Waals surface area contributed by atoms with E-state index in [0.717, 1.165) is 60.7 Å². The average Bonchev–Trinajstić information content (AvgIpc) is 3.14. The van der Waals surface area contributed by atoms with Crippen molar-refractivity contribution in [3.8, 4) is 0 Å². The summed E-state index contributed by atoms with van der Waals surface area (Å²) in [6.07, 6.45) is 11.8. The topological polar surface area (TPSA) is 59.3 Å². The van der Waals surface area contributed by atoms with Crippen molar-refractivity contribution in [2.45, 2.75) is 63.8 Å². The summed E-state index contributed by atoms with van der Waals surface area (Å²) < 4.78 is 1.89. The van der Waals surface area contributed by atoms with Crippen LogP contribution in [0.15, 0.2) is 34.2 Å². The first-order valence-electron chi connectivity index (χ1n) is 10.8. The summed E-state index contributed by atoms with van der Waals surface area (Å²) in [5.41, 5.74) is 5.37. The number of nitrogens with one attached hydrogen (secondary N) is 1. The molecule has 5 nitrogen and oxygen atoms in total. The molecule has 0 spiro atoms. The van der Waals surface area contributed by atoms with Crippen LogP contribution in [0.3, 0.4) is 0 Å². The lowest BCUT2D eigenvalue weighted by Crippen LogP contribution is -2.29. The average molecular weight is 441 g/mol. The summed E-state index contributed by atoms with van der Waals surface area (Å²) in [7, 11) is 0. The lowest BCUT2D eigenvalue weighted by atomic mass is 9.94. The van der Waals surface area contributed by atoms with Gasteiger partial charge in [-0.25, -0.2) is 10.4 Å². The molecule has 1 aromatic carbocycles. The van der Waals surface area contributed by atoms with Crippen molar-refractivity contribution in [3.05, 3.63) is 55.6 Å². The Morgan fingerprint density at radius 1 is 1.10 bits per heavy atom. The molecule has 0 radical (unpaired) electrons. The van der Waals surface area contributed by atoms with Crippen LogP contribution < -0.4 is 11.0 Å². The van der Waals surface area contributed by atoms with Gasteiger partial charge in [-0.05, 0) is 61.8 Å². The van der Waals surface area contributed by atoms with Crippen LogP contribution in [0.2, 0.25) is 5.02 Å². The molecule has 0 aliphatic heterocycles. The number of hydrazone groups is 1. The molecule has 3 aromatic rings. The first-order chi connectivity index (χ1) is 14.7. The molecule has 5 rings (SSSR count). The maximum Gasteiger partial charge on any atom is 0.264 e. The highest BCUT2D eigenvalue weighted by Gasteiger charge is 2.26. The number of hydrogen-bond acceptors (Lipinski definition) is 5. The fourth-order valence-electron chi connectivity index (χ4n) is 4.69. The van der Waals surface area contributed by atoms with Gasteiger partial charge in [0.15, 0.2) is 0 Å². The summed E-state index contributed by atoms with van der Waals surface area (Å²) in [5, 5.41) is 5.94. The van der Waals surface area contributed by atoms with Crippen molar-refractivity contribution in [3.63, 3.8) is 0 Å². The number of benzene rings is 1. The van der Waals surface area contributed by atoms with Crippen molar-refractivity contribution < 1.29 is 0 Å². The van der Waals surface area contributed by atoms with Crippen LogP contribution in [0.4, 0.5) is 5.95 Å². The molecule has 0 atom stereocenters. The van der Waals surface area contributed by atoms with Crippen LogP contribution in [-0.4, -0.2) is 15.8 Å². The van der Waals surface area contributed by atoms with Gasteiger partial charge in [-0.1, -0.05) is 43.0 Å². The number of aryl methyl sites for hydroxylation is 2. The summed E-state index contributed by atoms with van der Waals surface area (Å²) in [6.45, 7) is 0. The first kappa shape index (κ1) is 19.8. The second kappa shape index (κ2) is 8.52. The zero-order valence-electron chi connectivity index (χ0n) is 16.9. The van der Waals surface area contributed by atoms with Gasteiger partial charge in [-0.15, -0.1) is 11.3 Å². The summed E-state index contributed by atoms with van der Waals surface area (Å²) in [5.74, 6) is 0.559. The number of fused-ring (bicyclic) bond motifs is 3. The molecule has 2 heterocycles. The molecule has 1 N–H and O–H groups in total. The molecule has 2 aromatic heterocycles. The number of halogens is 1. The highest BCUT2D eigenvalue weighted by Crippen LogP contribution is 2.36. The van der Waals surface area contributed by atoms with Gasteiger partial charge < -0.3 is 0 Å². The van der Waals surface area contributed by atoms with Gasteiger partial charge in [0.1, 0.15) is 4.83 Å². The van der Waals surface area contributed by atoms with E-state index in [0.29, 0.717) is 11.0 Å². The second-order valence-electron chi connectivity index (χ2n) is 8.22. The number of nitrogens with zero attached hydrogens (tertiary/aromatic N) is 3. The monoisotopic (exact) mass is 440 g/mol. The Balaban J connectivity index is 1.56. The maximum absolute atomic E-state index is 13.7. The van der Waals surface area contributed by atoms with E-state index in [1.165, 1.54) is 23.3 Å². The Bertz CT molecular complexity index is 1140. The van der Waals surface area contributed by atoms with Gasteiger partial charge in [0.25, 0.3) is 5.56 Å². The van der Waals surface area contributed by atoms with Crippen LogP contribution in [-0.2, 0) is 12.8 Å². The van der Waals surface area contributed by atoms with Crippen LogP contribution in [0.1, 0.15) is 67.0 Å². The predicted molar refractivity (Wildman–Crippen MR) is 125 cm³/mol. The molecule has 156 valence electrons. The molecule has 0 bridgehead atoms. The number of aromatic nitrogens is 2. The fourth-order valence-corrected chi connectivity index (χ4v) is 6.07. The largest absolute Gasteiger partial charge is 0.274 e. The third-order valence-electron chi connectivity index (χ3n) is 6.21. The molecule has 0 saturated heterocycles. The predicted octanol–water partition coefficient (Wildman–Crippen LogP) is 5.94. The number of rotatable bonds is 4. The lowest BCUT2D eigenvalue weighted by Gasteiger charge is -2.25. The Morgan fingerprint density at radius 2 is 1.87 bits per heavy atom. The zero-order valence-corrected chi connectivity index (χ0v) is 18.4. The SMILES string of the molecule is O=c1c2c3c(sc2nc(N/N=C\c2ccc(Cl)cc2)n1C1CCCCC1)CCCC3. The molecule has 2 aliphatic rings. The molecule has 0 unspecified atom stereocenters. The van der Waals surface area contributed by atoms with Crippen molar-refractivity contribution >= 4 is 45.3 Å². The molecular weight excluding hydrogens is 416 g/mol. The Morgan fingerprint density at radius 3 is 2.67 bits per heavy atom. The number of thiophene rings is 1. The smallest absolute Gasteiger partial charge is 0.264 e. The van der Waals surface area contributed by atoms with E-state index in [1.807, 2.05) is 28.8 Å². The van der Waals surface area contributed by atoms with E-state index in [-0.39, 0.29) is 11.6 Å². The molecule has 0 amide bonds. The summed E-state index contributed by atoms with van der Waals surface area (Å²) >= 11 is 7.64. The van der Waals surface area contributed by atoms with Crippen molar-refractivity contribution in [2.24, 2.45) is 5.10 Å². The molecular formula is C23H25ClN4OS. The molecule has 7 heteroatoms. The molecule has 1 fully saturated rings. The van der Waals surface area contributed by atoms with Crippen LogP contribution in [0.5, 0.6) is 0 Å². The number of hydrogen-bond donors (Lipinski definition) is 1. The molecule has 30 heavy (non-hydrogen) atoms. The minimum atomic E-state index is 0.107. The van der Waals surface area contributed by atoms with Crippen LogP contribution in [0.25, 0.3) is 10.2 Å². The highest BCUT2D eigenvalue weighted by atomic mass is 35.5. The van der Waals surface area contributed by atoms with Crippen molar-refractivity contribution in [1.29, 1.82) is 0 Å². The Hall–Kier alpha value is -2.18. The van der Waals surface area contributed by atoms with Gasteiger partial charge in [0.2, 0.25) is 5.95 Å². The first-order valence-corrected chi connectivity index (χ1v) is 12.0. The van der Waals surface area contributed by atoms with Crippen LogP contribution >= 0.6 is 22.9 Å².